The average molecular weight is 279 g/mol. The van der Waals surface area contributed by atoms with Gasteiger partial charge in [0.15, 0.2) is 0 Å². The van der Waals surface area contributed by atoms with Gasteiger partial charge in [0.25, 0.3) is 0 Å². The van der Waals surface area contributed by atoms with Crippen LogP contribution in [0.1, 0.15) is 44.9 Å². The van der Waals surface area contributed by atoms with Crippen LogP contribution in [-0.2, 0) is 4.79 Å². The third kappa shape index (κ3) is 3.34. The van der Waals surface area contributed by atoms with E-state index in [0.717, 1.165) is 58.2 Å². The maximum atomic E-state index is 12.7. The number of hydrogen-bond donors (Lipinski definition) is 1. The molecule has 4 nitrogen and oxygen atoms in total. The zero-order chi connectivity index (χ0) is 13.8. The molecule has 1 amide bonds. The number of amides is 1. The lowest BCUT2D eigenvalue weighted by atomic mass is 9.90. The van der Waals surface area contributed by atoms with Crippen LogP contribution in [0.25, 0.3) is 0 Å². The second kappa shape index (κ2) is 6.90. The summed E-state index contributed by atoms with van der Waals surface area (Å²) in [7, 11) is 0. The van der Waals surface area contributed by atoms with Gasteiger partial charge >= 0.3 is 0 Å². The Morgan fingerprint density at radius 1 is 0.850 bits per heavy atom. The minimum Gasteiger partial charge on any atom is -0.340 e. The lowest BCUT2D eigenvalue weighted by Crippen LogP contribution is -2.62. The Morgan fingerprint density at radius 3 is 2.00 bits per heavy atom. The summed E-state index contributed by atoms with van der Waals surface area (Å²) in [6, 6.07) is 0.730. The molecule has 114 valence electrons. The molecule has 3 fully saturated rings. The van der Waals surface area contributed by atoms with E-state index in [9.17, 15) is 4.79 Å². The fourth-order valence-corrected chi connectivity index (χ4v) is 3.80. The summed E-state index contributed by atoms with van der Waals surface area (Å²) in [5.74, 6) is 0.783. The van der Waals surface area contributed by atoms with Crippen LogP contribution in [0.2, 0.25) is 0 Å². The van der Waals surface area contributed by atoms with Crippen molar-refractivity contribution in [3.63, 3.8) is 0 Å². The molecule has 0 atom stereocenters. The van der Waals surface area contributed by atoms with Gasteiger partial charge in [-0.3, -0.25) is 9.69 Å². The van der Waals surface area contributed by atoms with Crippen LogP contribution < -0.4 is 5.32 Å². The molecule has 3 aliphatic rings. The Morgan fingerprint density at radius 2 is 1.45 bits per heavy atom. The molecular formula is C16H29N3O. The summed E-state index contributed by atoms with van der Waals surface area (Å²) in [6.45, 7) is 6.32. The van der Waals surface area contributed by atoms with Crippen LogP contribution in [0, 0.1) is 5.92 Å². The van der Waals surface area contributed by atoms with Crippen molar-refractivity contribution in [2.24, 2.45) is 5.92 Å². The van der Waals surface area contributed by atoms with Gasteiger partial charge in [-0.15, -0.1) is 0 Å². The molecule has 2 saturated heterocycles. The first-order chi connectivity index (χ1) is 9.84. The molecule has 4 heteroatoms. The van der Waals surface area contributed by atoms with Crippen molar-refractivity contribution in [2.45, 2.75) is 51.0 Å². The van der Waals surface area contributed by atoms with Crippen LogP contribution in [0.5, 0.6) is 0 Å². The predicted molar refractivity (Wildman–Crippen MR) is 80.6 cm³/mol. The maximum Gasteiger partial charge on any atom is 0.225 e. The van der Waals surface area contributed by atoms with Gasteiger partial charge in [0.05, 0.1) is 0 Å². The molecule has 0 unspecified atom stereocenters. The Bertz CT molecular complexity index is 314. The summed E-state index contributed by atoms with van der Waals surface area (Å²) in [5, 5.41) is 3.33. The van der Waals surface area contributed by atoms with E-state index in [1.54, 1.807) is 0 Å². The van der Waals surface area contributed by atoms with Crippen molar-refractivity contribution >= 4 is 5.91 Å². The largest absolute Gasteiger partial charge is 0.340 e. The predicted octanol–water partition coefficient (Wildman–Crippen LogP) is 1.46. The van der Waals surface area contributed by atoms with Crippen molar-refractivity contribution in [3.8, 4) is 0 Å². The zero-order valence-corrected chi connectivity index (χ0v) is 12.6. The molecule has 0 bridgehead atoms. The Hall–Kier alpha value is -0.610. The highest BCUT2D eigenvalue weighted by Gasteiger charge is 2.31. The van der Waals surface area contributed by atoms with Crippen molar-refractivity contribution in [2.75, 3.05) is 39.3 Å². The molecule has 1 saturated carbocycles. The smallest absolute Gasteiger partial charge is 0.225 e. The van der Waals surface area contributed by atoms with Crippen LogP contribution in [0.15, 0.2) is 0 Å². The van der Waals surface area contributed by atoms with Crippen molar-refractivity contribution in [1.29, 1.82) is 0 Å². The topological polar surface area (TPSA) is 35.6 Å². The van der Waals surface area contributed by atoms with Gasteiger partial charge < -0.3 is 10.2 Å². The third-order valence-electron chi connectivity index (χ3n) is 5.36. The average Bonchev–Trinajstić information content (AvgIpc) is 2.36. The zero-order valence-electron chi connectivity index (χ0n) is 12.6. The molecule has 1 N–H and O–H groups in total. The maximum absolute atomic E-state index is 12.7. The van der Waals surface area contributed by atoms with Gasteiger partial charge in [0.1, 0.15) is 0 Å². The summed E-state index contributed by atoms with van der Waals surface area (Å²) in [5.41, 5.74) is 0. The number of nitrogens with zero attached hydrogens (tertiary/aromatic N) is 2. The first-order valence-corrected chi connectivity index (χ1v) is 8.58. The number of piperazine rings is 1. The molecule has 3 rings (SSSR count). The highest BCUT2D eigenvalue weighted by molar-refractivity contribution is 5.79. The highest BCUT2D eigenvalue weighted by atomic mass is 16.2. The summed E-state index contributed by atoms with van der Waals surface area (Å²) in [6.07, 6.45) is 8.79. The number of nitrogens with one attached hydrogen (secondary N) is 1. The molecule has 2 heterocycles. The van der Waals surface area contributed by atoms with Gasteiger partial charge in [-0.05, 0) is 12.8 Å². The minimum atomic E-state index is 0.326. The standard InChI is InChI=1S/C16H29N3O/c20-16(14-6-4-2-1-3-5-7-14)19-10-8-18(9-11-19)15-12-17-13-15/h14-15,17H,1-13H2. The van der Waals surface area contributed by atoms with Gasteiger partial charge in [-0.2, -0.15) is 0 Å². The SMILES string of the molecule is O=C(C1CCCCCCC1)N1CCN(C2CNC2)CC1. The van der Waals surface area contributed by atoms with Crippen LogP contribution in [0.4, 0.5) is 0 Å². The van der Waals surface area contributed by atoms with Crippen molar-refractivity contribution in [1.82, 2.24) is 15.1 Å². The molecule has 0 aromatic rings. The monoisotopic (exact) mass is 279 g/mol. The van der Waals surface area contributed by atoms with E-state index in [1.165, 1.54) is 32.1 Å². The van der Waals surface area contributed by atoms with Gasteiger partial charge in [-0.1, -0.05) is 32.1 Å². The van der Waals surface area contributed by atoms with Gasteiger partial charge in [0.2, 0.25) is 5.91 Å². The molecule has 1 aliphatic carbocycles. The summed E-state index contributed by atoms with van der Waals surface area (Å²) >= 11 is 0. The van der Waals surface area contributed by atoms with Crippen LogP contribution in [-0.4, -0.2) is 61.0 Å². The first kappa shape index (κ1) is 14.3. The minimum absolute atomic E-state index is 0.326. The number of carbonyl (C=O) groups excluding carboxylic acids is 1. The van der Waals surface area contributed by atoms with Gasteiger partial charge in [0, 0.05) is 51.2 Å². The number of rotatable bonds is 2. The van der Waals surface area contributed by atoms with E-state index in [0.29, 0.717) is 11.8 Å². The molecule has 0 spiro atoms. The van der Waals surface area contributed by atoms with E-state index in [-0.39, 0.29) is 0 Å². The Kier molecular flexibility index (Phi) is 4.94. The van der Waals surface area contributed by atoms with E-state index in [4.69, 9.17) is 0 Å². The molecule has 0 aromatic carbocycles. The Labute approximate surface area is 122 Å². The van der Waals surface area contributed by atoms with E-state index in [2.05, 4.69) is 15.1 Å². The summed E-state index contributed by atoms with van der Waals surface area (Å²) in [4.78, 5) is 17.4. The van der Waals surface area contributed by atoms with Crippen LogP contribution >= 0.6 is 0 Å². The normalized spacial score (nSPS) is 27.7. The van der Waals surface area contributed by atoms with E-state index in [1.807, 2.05) is 0 Å². The number of hydrogen-bond acceptors (Lipinski definition) is 3. The van der Waals surface area contributed by atoms with E-state index >= 15 is 0 Å². The second-order valence-electron chi connectivity index (χ2n) is 6.72. The van der Waals surface area contributed by atoms with Crippen molar-refractivity contribution in [3.05, 3.63) is 0 Å². The highest BCUT2D eigenvalue weighted by Crippen LogP contribution is 2.24. The lowest BCUT2D eigenvalue weighted by Gasteiger charge is -2.43. The third-order valence-corrected chi connectivity index (χ3v) is 5.36. The van der Waals surface area contributed by atoms with Crippen molar-refractivity contribution < 1.29 is 4.79 Å². The number of carbonyl (C=O) groups is 1. The fourth-order valence-electron chi connectivity index (χ4n) is 3.80. The molecular weight excluding hydrogens is 250 g/mol. The first-order valence-electron chi connectivity index (χ1n) is 8.58. The molecule has 0 radical (unpaired) electrons. The summed E-state index contributed by atoms with van der Waals surface area (Å²) < 4.78 is 0. The fraction of sp³-hybridized carbons (Fsp3) is 0.938. The molecule has 2 aliphatic heterocycles. The quantitative estimate of drug-likeness (QED) is 0.831. The second-order valence-corrected chi connectivity index (χ2v) is 6.72. The molecule has 20 heavy (non-hydrogen) atoms. The molecule has 0 aromatic heterocycles. The lowest BCUT2D eigenvalue weighted by molar-refractivity contribution is -0.138. The van der Waals surface area contributed by atoms with Crippen LogP contribution in [0.3, 0.4) is 0 Å². The Balaban J connectivity index is 1.47. The van der Waals surface area contributed by atoms with Gasteiger partial charge in [-0.25, -0.2) is 0 Å². The van der Waals surface area contributed by atoms with E-state index < -0.39 is 0 Å².